The lowest BCUT2D eigenvalue weighted by molar-refractivity contribution is -0.138. The largest absolute Gasteiger partial charge is 0.336 e. The zero-order valence-electron chi connectivity index (χ0n) is 16.0. The quantitative estimate of drug-likeness (QED) is 0.790. The van der Waals surface area contributed by atoms with E-state index in [0.29, 0.717) is 50.4 Å². The van der Waals surface area contributed by atoms with Gasteiger partial charge in [-0.05, 0) is 51.3 Å². The Morgan fingerprint density at radius 1 is 1.11 bits per heavy atom. The Hall–Kier alpha value is -1.66. The van der Waals surface area contributed by atoms with E-state index in [1.54, 1.807) is 4.90 Å². The van der Waals surface area contributed by atoms with Crippen LogP contribution in [-0.4, -0.2) is 71.3 Å². The molecule has 148 valence electrons. The van der Waals surface area contributed by atoms with E-state index < -0.39 is 5.82 Å². The van der Waals surface area contributed by atoms with Crippen LogP contribution in [-0.2, 0) is 4.79 Å². The second kappa shape index (κ2) is 8.57. The number of piperazine rings is 1. The molecule has 3 rings (SSSR count). The SMILES string of the molecule is CC1CCCC(C)N1C(=O)CN1CCN(C(=O)c2ccc(F)cc2Cl)CC1. The van der Waals surface area contributed by atoms with Crippen molar-refractivity contribution in [3.05, 3.63) is 34.6 Å². The lowest BCUT2D eigenvalue weighted by Crippen LogP contribution is -2.54. The summed E-state index contributed by atoms with van der Waals surface area (Å²) in [4.78, 5) is 31.2. The van der Waals surface area contributed by atoms with Crippen LogP contribution >= 0.6 is 11.6 Å². The maximum atomic E-state index is 13.2. The number of hydrogen-bond acceptors (Lipinski definition) is 3. The molecule has 27 heavy (non-hydrogen) atoms. The second-order valence-electron chi connectivity index (χ2n) is 7.62. The van der Waals surface area contributed by atoms with Gasteiger partial charge in [0.25, 0.3) is 5.91 Å². The second-order valence-corrected chi connectivity index (χ2v) is 8.03. The summed E-state index contributed by atoms with van der Waals surface area (Å²) in [5, 5.41) is 0.130. The molecule has 2 saturated heterocycles. The van der Waals surface area contributed by atoms with E-state index in [-0.39, 0.29) is 16.8 Å². The van der Waals surface area contributed by atoms with Gasteiger partial charge < -0.3 is 9.80 Å². The predicted molar refractivity (Wildman–Crippen MR) is 103 cm³/mol. The third-order valence-electron chi connectivity index (χ3n) is 5.66. The molecule has 2 atom stereocenters. The van der Waals surface area contributed by atoms with Crippen LogP contribution in [0.2, 0.25) is 5.02 Å². The molecular weight excluding hydrogens is 369 g/mol. The minimum absolute atomic E-state index is 0.130. The van der Waals surface area contributed by atoms with Gasteiger partial charge in [-0.3, -0.25) is 14.5 Å². The highest BCUT2D eigenvalue weighted by atomic mass is 35.5. The van der Waals surface area contributed by atoms with Crippen molar-refractivity contribution in [1.29, 1.82) is 0 Å². The third-order valence-corrected chi connectivity index (χ3v) is 5.97. The highest BCUT2D eigenvalue weighted by molar-refractivity contribution is 6.33. The first-order valence-electron chi connectivity index (χ1n) is 9.64. The smallest absolute Gasteiger partial charge is 0.255 e. The highest BCUT2D eigenvalue weighted by Gasteiger charge is 2.31. The summed E-state index contributed by atoms with van der Waals surface area (Å²) in [7, 11) is 0. The van der Waals surface area contributed by atoms with Crippen LogP contribution in [0.1, 0.15) is 43.5 Å². The Morgan fingerprint density at radius 2 is 1.74 bits per heavy atom. The van der Waals surface area contributed by atoms with Gasteiger partial charge >= 0.3 is 0 Å². The van der Waals surface area contributed by atoms with Crippen molar-refractivity contribution in [1.82, 2.24) is 14.7 Å². The number of piperidine rings is 1. The Balaban J connectivity index is 1.54. The number of benzene rings is 1. The number of nitrogens with zero attached hydrogens (tertiary/aromatic N) is 3. The van der Waals surface area contributed by atoms with Crippen molar-refractivity contribution < 1.29 is 14.0 Å². The Morgan fingerprint density at radius 3 is 2.33 bits per heavy atom. The van der Waals surface area contributed by atoms with E-state index in [1.807, 2.05) is 4.90 Å². The van der Waals surface area contributed by atoms with Crippen molar-refractivity contribution in [3.63, 3.8) is 0 Å². The van der Waals surface area contributed by atoms with Crippen LogP contribution in [0, 0.1) is 5.82 Å². The van der Waals surface area contributed by atoms with E-state index in [9.17, 15) is 14.0 Å². The van der Waals surface area contributed by atoms with Gasteiger partial charge in [-0.1, -0.05) is 11.6 Å². The third kappa shape index (κ3) is 4.61. The zero-order chi connectivity index (χ0) is 19.6. The Kier molecular flexibility index (Phi) is 6.37. The molecule has 2 amide bonds. The molecule has 0 saturated carbocycles. The van der Waals surface area contributed by atoms with E-state index in [1.165, 1.54) is 18.6 Å². The van der Waals surface area contributed by atoms with Crippen molar-refractivity contribution in [2.24, 2.45) is 0 Å². The molecule has 2 heterocycles. The van der Waals surface area contributed by atoms with Crippen LogP contribution in [0.3, 0.4) is 0 Å². The molecule has 2 aliphatic heterocycles. The lowest BCUT2D eigenvalue weighted by atomic mass is 9.97. The van der Waals surface area contributed by atoms with E-state index in [2.05, 4.69) is 18.7 Å². The fourth-order valence-corrected chi connectivity index (χ4v) is 4.38. The van der Waals surface area contributed by atoms with Crippen LogP contribution in [0.5, 0.6) is 0 Å². The Labute approximate surface area is 165 Å². The minimum atomic E-state index is -0.457. The van der Waals surface area contributed by atoms with Gasteiger partial charge in [0.15, 0.2) is 0 Å². The molecule has 5 nitrogen and oxygen atoms in total. The topological polar surface area (TPSA) is 43.9 Å². The van der Waals surface area contributed by atoms with Crippen LogP contribution in [0.25, 0.3) is 0 Å². The summed E-state index contributed by atoms with van der Waals surface area (Å²) < 4.78 is 13.2. The highest BCUT2D eigenvalue weighted by Crippen LogP contribution is 2.23. The van der Waals surface area contributed by atoms with Gasteiger partial charge in [0, 0.05) is 38.3 Å². The van der Waals surface area contributed by atoms with E-state index >= 15 is 0 Å². The van der Waals surface area contributed by atoms with Crippen LogP contribution in [0.4, 0.5) is 4.39 Å². The van der Waals surface area contributed by atoms with Gasteiger partial charge in [0.1, 0.15) is 5.82 Å². The lowest BCUT2D eigenvalue weighted by Gasteiger charge is -2.41. The van der Waals surface area contributed by atoms with Gasteiger partial charge in [-0.25, -0.2) is 4.39 Å². The summed E-state index contributed by atoms with van der Waals surface area (Å²) in [6.45, 7) is 7.00. The summed E-state index contributed by atoms with van der Waals surface area (Å²) in [5.41, 5.74) is 0.318. The normalized spacial score (nSPS) is 24.1. The molecule has 2 aliphatic rings. The molecule has 0 radical (unpaired) electrons. The van der Waals surface area contributed by atoms with Gasteiger partial charge in [-0.2, -0.15) is 0 Å². The first-order valence-corrected chi connectivity index (χ1v) is 10.0. The summed E-state index contributed by atoms with van der Waals surface area (Å²) in [6, 6.07) is 4.42. The van der Waals surface area contributed by atoms with Gasteiger partial charge in [0.05, 0.1) is 17.1 Å². The number of halogens is 2. The molecule has 2 fully saturated rings. The number of carbonyl (C=O) groups is 2. The molecule has 1 aromatic carbocycles. The maximum Gasteiger partial charge on any atom is 0.255 e. The molecule has 0 spiro atoms. The average Bonchev–Trinajstić information content (AvgIpc) is 2.61. The van der Waals surface area contributed by atoms with Crippen molar-refractivity contribution in [2.45, 2.75) is 45.2 Å². The fraction of sp³-hybridized carbons (Fsp3) is 0.600. The van der Waals surface area contributed by atoms with Crippen LogP contribution < -0.4 is 0 Å². The van der Waals surface area contributed by atoms with Crippen LogP contribution in [0.15, 0.2) is 18.2 Å². The number of likely N-dealkylation sites (tertiary alicyclic amines) is 1. The number of amides is 2. The van der Waals surface area contributed by atoms with E-state index in [0.717, 1.165) is 18.9 Å². The average molecular weight is 396 g/mol. The van der Waals surface area contributed by atoms with Gasteiger partial charge in [0.2, 0.25) is 5.91 Å². The summed E-state index contributed by atoms with van der Waals surface area (Å²) in [6.07, 6.45) is 3.31. The summed E-state index contributed by atoms with van der Waals surface area (Å²) in [5.74, 6) is -0.471. The number of hydrogen-bond donors (Lipinski definition) is 0. The first kappa shape index (κ1) is 20.1. The summed E-state index contributed by atoms with van der Waals surface area (Å²) >= 11 is 6.01. The molecule has 0 N–H and O–H groups in total. The molecule has 0 bridgehead atoms. The van der Waals surface area contributed by atoms with Gasteiger partial charge in [-0.15, -0.1) is 0 Å². The molecular formula is C20H27ClFN3O2. The molecule has 1 aromatic rings. The van der Waals surface area contributed by atoms with E-state index in [4.69, 9.17) is 11.6 Å². The molecule has 2 unspecified atom stereocenters. The standard InChI is InChI=1S/C20H27ClFN3O2/c1-14-4-3-5-15(2)25(14)19(26)13-23-8-10-24(11-9-23)20(27)17-7-6-16(22)12-18(17)21/h6-7,12,14-15H,3-5,8-11,13H2,1-2H3. The molecule has 0 aliphatic carbocycles. The monoisotopic (exact) mass is 395 g/mol. The minimum Gasteiger partial charge on any atom is -0.336 e. The number of carbonyl (C=O) groups excluding carboxylic acids is 2. The fourth-order valence-electron chi connectivity index (χ4n) is 4.13. The first-order chi connectivity index (χ1) is 12.9. The maximum absolute atomic E-state index is 13.2. The Bertz CT molecular complexity index is 696. The van der Waals surface area contributed by atoms with Crippen molar-refractivity contribution >= 4 is 23.4 Å². The van der Waals surface area contributed by atoms with Crippen molar-refractivity contribution in [2.75, 3.05) is 32.7 Å². The van der Waals surface area contributed by atoms with Crippen molar-refractivity contribution in [3.8, 4) is 0 Å². The molecule has 0 aromatic heterocycles. The predicted octanol–water partition coefficient (Wildman–Crippen LogP) is 3.03. The molecule has 7 heteroatoms. The zero-order valence-corrected chi connectivity index (χ0v) is 16.7. The number of rotatable bonds is 3.